The summed E-state index contributed by atoms with van der Waals surface area (Å²) in [4.78, 5) is 12.1. The van der Waals surface area contributed by atoms with Gasteiger partial charge >= 0.3 is 0 Å². The van der Waals surface area contributed by atoms with Gasteiger partial charge in [0.2, 0.25) is 6.33 Å². The minimum atomic E-state index is -1.23. The number of hydrogen-bond acceptors (Lipinski definition) is 3. The number of benzene rings is 3. The van der Waals surface area contributed by atoms with Gasteiger partial charge in [0, 0.05) is 17.5 Å². The number of imidazole rings is 1. The topological polar surface area (TPSA) is 72.0 Å². The molecule has 1 aromatic heterocycles. The molecule has 0 aliphatic heterocycles. The normalized spacial score (nSPS) is 11.9. The van der Waals surface area contributed by atoms with E-state index in [9.17, 15) is 15.1 Å². The zero-order valence-corrected chi connectivity index (χ0v) is 15.6. The average Bonchev–Trinajstić information content (AvgIpc) is 3.10. The second-order valence-corrected chi connectivity index (χ2v) is 6.80. The third kappa shape index (κ3) is 3.75. The Labute approximate surface area is 168 Å². The van der Waals surface area contributed by atoms with Gasteiger partial charge in [0.25, 0.3) is 0 Å². The molecule has 0 bridgehead atoms. The predicted molar refractivity (Wildman–Crippen MR) is 108 cm³/mol. The van der Waals surface area contributed by atoms with E-state index in [-0.39, 0.29) is 6.42 Å². The zero-order valence-electron chi connectivity index (χ0n) is 15.6. The van der Waals surface area contributed by atoms with E-state index in [0.717, 1.165) is 21.4 Å². The molecule has 0 saturated carbocycles. The molecule has 4 aromatic rings. The highest BCUT2D eigenvalue weighted by molar-refractivity contribution is 5.79. The third-order valence-electron chi connectivity index (χ3n) is 4.91. The van der Waals surface area contributed by atoms with Crippen LogP contribution in [-0.2, 0) is 11.2 Å². The van der Waals surface area contributed by atoms with E-state index in [2.05, 4.69) is 0 Å². The van der Waals surface area contributed by atoms with Gasteiger partial charge in [0.15, 0.2) is 11.4 Å². The molecule has 0 unspecified atom stereocenters. The molecule has 1 heterocycles. The monoisotopic (exact) mass is 383 g/mol. The molecular formula is C24H19N2O3-. The van der Waals surface area contributed by atoms with E-state index in [1.54, 1.807) is 0 Å². The molecule has 5 nitrogen and oxygen atoms in total. The molecule has 4 rings (SSSR count). The van der Waals surface area contributed by atoms with Gasteiger partial charge in [-0.2, -0.15) is 0 Å². The van der Waals surface area contributed by atoms with Crippen molar-refractivity contribution in [3.8, 4) is 22.5 Å². The number of aliphatic carboxylic acids is 1. The summed E-state index contributed by atoms with van der Waals surface area (Å²) in [6, 6.07) is 26.9. The molecule has 3 aromatic carbocycles. The van der Waals surface area contributed by atoms with E-state index in [1.165, 1.54) is 10.9 Å². The van der Waals surface area contributed by atoms with E-state index < -0.39 is 12.0 Å². The van der Waals surface area contributed by atoms with Crippen molar-refractivity contribution in [2.24, 2.45) is 0 Å². The van der Waals surface area contributed by atoms with Crippen molar-refractivity contribution >= 4 is 5.97 Å². The van der Waals surface area contributed by atoms with Crippen molar-refractivity contribution in [1.82, 2.24) is 4.57 Å². The van der Waals surface area contributed by atoms with Crippen LogP contribution in [0.15, 0.2) is 97.3 Å². The maximum Gasteiger partial charge on any atom is 0.248 e. The number of carbonyl (C=O) groups excluding carboxylic acids is 1. The molecule has 1 atom stereocenters. The summed E-state index contributed by atoms with van der Waals surface area (Å²) in [5.41, 5.74) is 3.30. The fourth-order valence-corrected chi connectivity index (χ4v) is 3.57. The summed E-state index contributed by atoms with van der Waals surface area (Å²) in [6.07, 6.45) is 1.51. The number of nitrogens with zero attached hydrogens (tertiary/aromatic N) is 2. The average molecular weight is 383 g/mol. The fourth-order valence-electron chi connectivity index (χ4n) is 3.57. The molecule has 0 spiro atoms. The number of rotatable bonds is 6. The van der Waals surface area contributed by atoms with Gasteiger partial charge < -0.3 is 15.1 Å². The maximum atomic E-state index is 12.9. The molecule has 0 N–H and O–H groups in total. The predicted octanol–water partition coefficient (Wildman–Crippen LogP) is 2.99. The smallest absolute Gasteiger partial charge is 0.248 e. The maximum absolute atomic E-state index is 12.9. The van der Waals surface area contributed by atoms with Crippen LogP contribution in [0.4, 0.5) is 0 Å². The molecule has 0 aliphatic carbocycles. The van der Waals surface area contributed by atoms with Crippen molar-refractivity contribution in [2.45, 2.75) is 12.5 Å². The largest absolute Gasteiger partial charge is 0.710 e. The molecule has 0 saturated heterocycles. The number of aromatic nitrogens is 2. The summed E-state index contributed by atoms with van der Waals surface area (Å²) in [5, 5.41) is 25.0. The van der Waals surface area contributed by atoms with Crippen molar-refractivity contribution < 1.29 is 14.6 Å². The molecular weight excluding hydrogens is 364 g/mol. The highest BCUT2D eigenvalue weighted by Crippen LogP contribution is 2.33. The first kappa shape index (κ1) is 18.5. The summed E-state index contributed by atoms with van der Waals surface area (Å²) in [6.45, 7) is 0. The number of carboxylic acids is 1. The lowest BCUT2D eigenvalue weighted by atomic mass is 10.0. The summed E-state index contributed by atoms with van der Waals surface area (Å²) < 4.78 is 2.26. The highest BCUT2D eigenvalue weighted by Gasteiger charge is 2.29. The van der Waals surface area contributed by atoms with Crippen molar-refractivity contribution in [3.63, 3.8) is 0 Å². The lowest BCUT2D eigenvalue weighted by Gasteiger charge is -2.17. The van der Waals surface area contributed by atoms with Gasteiger partial charge in [-0.15, -0.1) is 0 Å². The minimum Gasteiger partial charge on any atom is -0.710 e. The van der Waals surface area contributed by atoms with Crippen LogP contribution in [0.3, 0.4) is 0 Å². The lowest BCUT2D eigenvalue weighted by molar-refractivity contribution is -0.593. The Morgan fingerprint density at radius 3 is 1.90 bits per heavy atom. The van der Waals surface area contributed by atoms with E-state index in [4.69, 9.17) is 0 Å². The second-order valence-electron chi connectivity index (χ2n) is 6.80. The zero-order chi connectivity index (χ0) is 20.2. The van der Waals surface area contributed by atoms with Crippen molar-refractivity contribution in [3.05, 3.63) is 108 Å². The van der Waals surface area contributed by atoms with Crippen LogP contribution in [0.5, 0.6) is 0 Å². The van der Waals surface area contributed by atoms with Gasteiger partial charge in [-0.25, -0.2) is 9.30 Å². The SMILES string of the molecule is O=C([O-])[C@H](Cc1ccccc1)n1c[n+]([O-])c(-c2ccccc2)c1-c1ccccc1. The molecule has 0 aliphatic rings. The van der Waals surface area contributed by atoms with Crippen LogP contribution in [0.1, 0.15) is 11.6 Å². The molecule has 144 valence electrons. The third-order valence-corrected chi connectivity index (χ3v) is 4.91. The van der Waals surface area contributed by atoms with E-state index in [1.807, 2.05) is 91.0 Å². The first-order valence-corrected chi connectivity index (χ1v) is 9.35. The van der Waals surface area contributed by atoms with Crippen LogP contribution in [-0.4, -0.2) is 10.5 Å². The Hall–Kier alpha value is -3.86. The van der Waals surface area contributed by atoms with Gasteiger partial charge in [-0.3, -0.25) is 0 Å². The standard InChI is InChI=1S/C24H20N2O3/c27-24(28)21(16-18-10-4-1-5-11-18)25-17-26(29)23(20-14-8-3-9-15-20)22(25)19-12-6-2-7-13-19/h1-15,17,21H,16H2,(H,27,28)/p-1/t21-/m0/s1. The summed E-state index contributed by atoms with van der Waals surface area (Å²) >= 11 is 0. The Morgan fingerprint density at radius 1 is 0.828 bits per heavy atom. The molecule has 29 heavy (non-hydrogen) atoms. The van der Waals surface area contributed by atoms with Gasteiger partial charge in [-0.05, 0) is 5.56 Å². The summed E-state index contributed by atoms with van der Waals surface area (Å²) in [5.74, 6) is -1.23. The van der Waals surface area contributed by atoms with E-state index in [0.29, 0.717) is 11.4 Å². The Balaban J connectivity index is 1.92. The quantitative estimate of drug-likeness (QED) is 0.380. The molecule has 0 amide bonds. The number of carboxylic acid groups (broad SMARTS) is 1. The molecule has 0 fully saturated rings. The number of hydrogen-bond donors (Lipinski definition) is 0. The van der Waals surface area contributed by atoms with Gasteiger partial charge in [-0.1, -0.05) is 91.0 Å². The van der Waals surface area contributed by atoms with Gasteiger partial charge in [0.05, 0.1) is 5.97 Å². The van der Waals surface area contributed by atoms with Crippen molar-refractivity contribution in [1.29, 1.82) is 0 Å². The fraction of sp³-hybridized carbons (Fsp3) is 0.0833. The van der Waals surface area contributed by atoms with Crippen LogP contribution >= 0.6 is 0 Å². The number of carbonyl (C=O) groups is 1. The Morgan fingerprint density at radius 2 is 1.34 bits per heavy atom. The minimum absolute atomic E-state index is 0.214. The van der Waals surface area contributed by atoms with Crippen LogP contribution in [0.2, 0.25) is 0 Å². The Kier molecular flexibility index (Phi) is 5.12. The van der Waals surface area contributed by atoms with Crippen LogP contribution < -0.4 is 9.84 Å². The van der Waals surface area contributed by atoms with Gasteiger partial charge in [0.1, 0.15) is 6.04 Å². The highest BCUT2D eigenvalue weighted by atomic mass is 16.5. The molecule has 0 radical (unpaired) electrons. The van der Waals surface area contributed by atoms with Crippen molar-refractivity contribution in [2.75, 3.05) is 0 Å². The van der Waals surface area contributed by atoms with Crippen LogP contribution in [0.25, 0.3) is 22.5 Å². The summed E-state index contributed by atoms with van der Waals surface area (Å²) in [7, 11) is 0. The molecule has 5 heteroatoms. The first-order valence-electron chi connectivity index (χ1n) is 9.35. The second kappa shape index (κ2) is 8.02. The Bertz CT molecular complexity index is 1110. The van der Waals surface area contributed by atoms with Crippen LogP contribution in [0, 0.1) is 5.21 Å². The first-order chi connectivity index (χ1) is 14.1. The van der Waals surface area contributed by atoms with E-state index >= 15 is 0 Å². The lowest BCUT2D eigenvalue weighted by Crippen LogP contribution is -2.35.